The van der Waals surface area contributed by atoms with Crippen LogP contribution in [0.25, 0.3) is 0 Å². The standard InChI is InChI=1S/C15H18N4O3/c1-10(11-5-3-2-4-6-11)14(20)18-13(15(21)22)7-12-8-17-9-19(12)16/h2-6,8-10,13H,7,16H2,1H3,(H,18,20)(H,21,22)/t10?,13-/m1/s1. The molecule has 4 N–H and O–H groups in total. The summed E-state index contributed by atoms with van der Waals surface area (Å²) in [6.07, 6.45) is 2.92. The number of carbonyl (C=O) groups excluding carboxylic acids is 1. The Morgan fingerprint density at radius 2 is 2.05 bits per heavy atom. The van der Waals surface area contributed by atoms with Crippen LogP contribution in [0.5, 0.6) is 0 Å². The molecule has 0 saturated carbocycles. The number of imidazole rings is 1. The van der Waals surface area contributed by atoms with Crippen LogP contribution < -0.4 is 11.2 Å². The Bertz CT molecular complexity index is 654. The van der Waals surface area contributed by atoms with Gasteiger partial charge in [0, 0.05) is 6.42 Å². The number of carboxylic acid groups (broad SMARTS) is 1. The van der Waals surface area contributed by atoms with Crippen LogP contribution in [-0.4, -0.2) is 32.7 Å². The number of aliphatic carboxylic acids is 1. The average molecular weight is 302 g/mol. The van der Waals surface area contributed by atoms with Crippen molar-refractivity contribution < 1.29 is 14.7 Å². The summed E-state index contributed by atoms with van der Waals surface area (Å²) >= 11 is 0. The lowest BCUT2D eigenvalue weighted by atomic mass is 10.00. The van der Waals surface area contributed by atoms with E-state index in [0.29, 0.717) is 5.69 Å². The number of nitrogens with two attached hydrogens (primary N) is 1. The summed E-state index contributed by atoms with van der Waals surface area (Å²) in [6, 6.07) is 8.12. The molecule has 0 saturated heterocycles. The highest BCUT2D eigenvalue weighted by atomic mass is 16.4. The van der Waals surface area contributed by atoms with E-state index < -0.39 is 17.9 Å². The first-order chi connectivity index (χ1) is 10.5. The average Bonchev–Trinajstić information content (AvgIpc) is 2.91. The fourth-order valence-corrected chi connectivity index (χ4v) is 2.09. The van der Waals surface area contributed by atoms with E-state index in [9.17, 15) is 14.7 Å². The summed E-state index contributed by atoms with van der Waals surface area (Å²) in [5.41, 5.74) is 1.35. The van der Waals surface area contributed by atoms with E-state index in [4.69, 9.17) is 5.84 Å². The minimum Gasteiger partial charge on any atom is -0.480 e. The Hall–Kier alpha value is -2.83. The van der Waals surface area contributed by atoms with Crippen LogP contribution in [0, 0.1) is 0 Å². The van der Waals surface area contributed by atoms with E-state index in [1.807, 2.05) is 30.3 Å². The number of hydrogen-bond donors (Lipinski definition) is 3. The number of nitrogens with zero attached hydrogens (tertiary/aromatic N) is 2. The Labute approximate surface area is 127 Å². The number of nitrogens with one attached hydrogen (secondary N) is 1. The molecule has 0 bridgehead atoms. The number of carbonyl (C=O) groups is 2. The zero-order chi connectivity index (χ0) is 16.1. The highest BCUT2D eigenvalue weighted by molar-refractivity contribution is 5.87. The van der Waals surface area contributed by atoms with Crippen LogP contribution in [-0.2, 0) is 16.0 Å². The van der Waals surface area contributed by atoms with Gasteiger partial charge in [-0.3, -0.25) is 9.47 Å². The van der Waals surface area contributed by atoms with Crippen LogP contribution in [0.3, 0.4) is 0 Å². The molecule has 0 spiro atoms. The molecular formula is C15H18N4O3. The Morgan fingerprint density at radius 3 is 2.59 bits per heavy atom. The van der Waals surface area contributed by atoms with Gasteiger partial charge in [-0.05, 0) is 12.5 Å². The van der Waals surface area contributed by atoms with Crippen molar-refractivity contribution in [3.05, 3.63) is 54.1 Å². The molecule has 0 radical (unpaired) electrons. The third-order valence-corrected chi connectivity index (χ3v) is 3.47. The van der Waals surface area contributed by atoms with E-state index >= 15 is 0 Å². The second-order valence-corrected chi connectivity index (χ2v) is 5.03. The molecular weight excluding hydrogens is 284 g/mol. The van der Waals surface area contributed by atoms with Crippen molar-refractivity contribution >= 4 is 11.9 Å². The maximum Gasteiger partial charge on any atom is 0.326 e. The zero-order valence-corrected chi connectivity index (χ0v) is 12.1. The van der Waals surface area contributed by atoms with Gasteiger partial charge in [-0.2, -0.15) is 0 Å². The molecule has 22 heavy (non-hydrogen) atoms. The largest absolute Gasteiger partial charge is 0.480 e. The number of benzene rings is 1. The van der Waals surface area contributed by atoms with Crippen molar-refractivity contribution in [2.45, 2.75) is 25.3 Å². The van der Waals surface area contributed by atoms with Gasteiger partial charge < -0.3 is 16.3 Å². The first-order valence-electron chi connectivity index (χ1n) is 6.83. The molecule has 0 aliphatic heterocycles. The maximum atomic E-state index is 12.2. The lowest BCUT2D eigenvalue weighted by Crippen LogP contribution is -2.44. The van der Waals surface area contributed by atoms with Gasteiger partial charge in [0.25, 0.3) is 0 Å². The highest BCUT2D eigenvalue weighted by Crippen LogP contribution is 2.15. The van der Waals surface area contributed by atoms with Gasteiger partial charge in [-0.25, -0.2) is 9.78 Å². The van der Waals surface area contributed by atoms with Crippen molar-refractivity contribution in [2.75, 3.05) is 5.84 Å². The van der Waals surface area contributed by atoms with Crippen molar-refractivity contribution in [1.82, 2.24) is 15.0 Å². The highest BCUT2D eigenvalue weighted by Gasteiger charge is 2.25. The van der Waals surface area contributed by atoms with Crippen LogP contribution in [0.15, 0.2) is 42.9 Å². The predicted octanol–water partition coefficient (Wildman–Crippen LogP) is 0.512. The minimum atomic E-state index is -1.12. The summed E-state index contributed by atoms with van der Waals surface area (Å²) < 4.78 is 1.24. The van der Waals surface area contributed by atoms with Gasteiger partial charge in [-0.1, -0.05) is 30.3 Å². The smallest absolute Gasteiger partial charge is 0.326 e. The second kappa shape index (κ2) is 6.75. The number of amides is 1. The molecule has 1 unspecified atom stereocenters. The summed E-state index contributed by atoms with van der Waals surface area (Å²) in [6.45, 7) is 1.73. The van der Waals surface area contributed by atoms with E-state index in [-0.39, 0.29) is 12.3 Å². The van der Waals surface area contributed by atoms with Gasteiger partial charge in [0.1, 0.15) is 12.4 Å². The van der Waals surface area contributed by atoms with E-state index in [1.54, 1.807) is 6.92 Å². The van der Waals surface area contributed by atoms with Crippen LogP contribution in [0.1, 0.15) is 24.1 Å². The van der Waals surface area contributed by atoms with Crippen LogP contribution >= 0.6 is 0 Å². The van der Waals surface area contributed by atoms with E-state index in [1.165, 1.54) is 17.2 Å². The molecule has 0 fully saturated rings. The normalized spacial score (nSPS) is 13.3. The van der Waals surface area contributed by atoms with Crippen molar-refractivity contribution in [1.29, 1.82) is 0 Å². The van der Waals surface area contributed by atoms with E-state index in [0.717, 1.165) is 5.56 Å². The number of hydrogen-bond acceptors (Lipinski definition) is 4. The molecule has 2 rings (SSSR count). The van der Waals surface area contributed by atoms with Crippen LogP contribution in [0.2, 0.25) is 0 Å². The monoisotopic (exact) mass is 302 g/mol. The zero-order valence-electron chi connectivity index (χ0n) is 12.1. The Morgan fingerprint density at radius 1 is 1.36 bits per heavy atom. The fourth-order valence-electron chi connectivity index (χ4n) is 2.09. The molecule has 7 heteroatoms. The minimum absolute atomic E-state index is 0.0685. The van der Waals surface area contributed by atoms with Crippen molar-refractivity contribution in [3.8, 4) is 0 Å². The fraction of sp³-hybridized carbons (Fsp3) is 0.267. The predicted molar refractivity (Wildman–Crippen MR) is 80.5 cm³/mol. The third-order valence-electron chi connectivity index (χ3n) is 3.47. The number of rotatable bonds is 6. The summed E-state index contributed by atoms with van der Waals surface area (Å²) in [5, 5.41) is 11.8. The van der Waals surface area contributed by atoms with Crippen molar-refractivity contribution in [3.63, 3.8) is 0 Å². The van der Waals surface area contributed by atoms with Crippen molar-refractivity contribution in [2.24, 2.45) is 0 Å². The molecule has 0 aliphatic carbocycles. The summed E-state index contributed by atoms with van der Waals surface area (Å²) in [5.74, 6) is 3.72. The number of aromatic nitrogens is 2. The molecule has 7 nitrogen and oxygen atoms in total. The topological polar surface area (TPSA) is 110 Å². The lowest BCUT2D eigenvalue weighted by molar-refractivity contribution is -0.142. The lowest BCUT2D eigenvalue weighted by Gasteiger charge is -2.18. The molecule has 116 valence electrons. The molecule has 1 heterocycles. The first-order valence-corrected chi connectivity index (χ1v) is 6.83. The Kier molecular flexibility index (Phi) is 4.77. The molecule has 1 aromatic carbocycles. The summed E-state index contributed by atoms with van der Waals surface area (Å²) in [4.78, 5) is 27.4. The molecule has 0 aliphatic rings. The molecule has 1 amide bonds. The SMILES string of the molecule is CC(C(=O)N[C@H](Cc1cncn1N)C(=O)O)c1ccccc1. The molecule has 2 atom stereocenters. The summed E-state index contributed by atoms with van der Waals surface area (Å²) in [7, 11) is 0. The quantitative estimate of drug-likeness (QED) is 0.673. The van der Waals surface area contributed by atoms with Gasteiger partial charge in [0.2, 0.25) is 5.91 Å². The molecule has 2 aromatic rings. The number of nitrogen functional groups attached to an aromatic ring is 1. The van der Waals surface area contributed by atoms with E-state index in [2.05, 4.69) is 10.3 Å². The van der Waals surface area contributed by atoms with Gasteiger partial charge in [-0.15, -0.1) is 0 Å². The molecule has 1 aromatic heterocycles. The number of carboxylic acids is 1. The maximum absolute atomic E-state index is 12.2. The Balaban J connectivity index is 2.06. The van der Waals surface area contributed by atoms with Gasteiger partial charge >= 0.3 is 5.97 Å². The third kappa shape index (κ3) is 3.63. The second-order valence-electron chi connectivity index (χ2n) is 5.03. The van der Waals surface area contributed by atoms with Crippen LogP contribution in [0.4, 0.5) is 0 Å². The van der Waals surface area contributed by atoms with Gasteiger partial charge in [0.05, 0.1) is 17.8 Å². The first kappa shape index (κ1) is 15.6. The van der Waals surface area contributed by atoms with Gasteiger partial charge in [0.15, 0.2) is 0 Å².